The lowest BCUT2D eigenvalue weighted by Crippen LogP contribution is -1.90. The molecule has 1 aromatic carbocycles. The third kappa shape index (κ3) is 1.11. The number of fused-ring (bicyclic) bond motifs is 3. The fourth-order valence-electron chi connectivity index (χ4n) is 2.24. The Morgan fingerprint density at radius 3 is 2.87 bits per heavy atom. The molecule has 0 bridgehead atoms. The summed E-state index contributed by atoms with van der Waals surface area (Å²) in [6.07, 6.45) is 4.51. The summed E-state index contributed by atoms with van der Waals surface area (Å²) in [6.45, 7) is 4.34. The smallest absolute Gasteiger partial charge is 0.115 e. The summed E-state index contributed by atoms with van der Waals surface area (Å²) in [6, 6.07) is 4.36. The average molecular weight is 196 g/mol. The van der Waals surface area contributed by atoms with Gasteiger partial charge in [-0.05, 0) is 36.1 Å². The molecular formula is C13H12N2. The van der Waals surface area contributed by atoms with Gasteiger partial charge in [-0.25, -0.2) is 9.97 Å². The van der Waals surface area contributed by atoms with Crippen LogP contribution in [0.5, 0.6) is 0 Å². The maximum atomic E-state index is 4.33. The van der Waals surface area contributed by atoms with Crippen LogP contribution in [0, 0.1) is 13.8 Å². The Morgan fingerprint density at radius 1 is 1.13 bits per heavy atom. The van der Waals surface area contributed by atoms with Gasteiger partial charge in [-0.15, -0.1) is 0 Å². The summed E-state index contributed by atoms with van der Waals surface area (Å²) < 4.78 is 0. The molecule has 0 fully saturated rings. The zero-order chi connectivity index (χ0) is 10.4. The van der Waals surface area contributed by atoms with Crippen LogP contribution in [0.1, 0.15) is 22.4 Å². The van der Waals surface area contributed by atoms with Crippen molar-refractivity contribution in [2.75, 3.05) is 0 Å². The molecule has 2 nitrogen and oxygen atoms in total. The van der Waals surface area contributed by atoms with E-state index < -0.39 is 0 Å². The highest BCUT2D eigenvalue weighted by Gasteiger charge is 2.21. The average Bonchev–Trinajstić information content (AvgIpc) is 2.63. The van der Waals surface area contributed by atoms with Gasteiger partial charge in [0.2, 0.25) is 0 Å². The van der Waals surface area contributed by atoms with E-state index in [-0.39, 0.29) is 0 Å². The molecule has 0 atom stereocenters. The van der Waals surface area contributed by atoms with Crippen molar-refractivity contribution in [2.24, 2.45) is 0 Å². The molecule has 1 aliphatic rings. The van der Waals surface area contributed by atoms with E-state index in [9.17, 15) is 0 Å². The van der Waals surface area contributed by atoms with Crippen LogP contribution in [0.3, 0.4) is 0 Å². The second-order valence-corrected chi connectivity index (χ2v) is 4.09. The Kier molecular flexibility index (Phi) is 1.66. The Balaban J connectivity index is 2.31. The summed E-state index contributed by atoms with van der Waals surface area (Å²) in [5, 5.41) is 0. The number of nitrogens with zero attached hydrogens (tertiary/aromatic N) is 2. The van der Waals surface area contributed by atoms with Gasteiger partial charge < -0.3 is 0 Å². The van der Waals surface area contributed by atoms with Gasteiger partial charge in [0.05, 0.1) is 5.69 Å². The molecule has 3 rings (SSSR count). The number of hydrogen-bond acceptors (Lipinski definition) is 2. The first-order chi connectivity index (χ1) is 7.27. The summed E-state index contributed by atoms with van der Waals surface area (Å²) in [5.41, 5.74) is 7.85. The highest BCUT2D eigenvalue weighted by atomic mass is 14.8. The molecule has 1 aromatic heterocycles. The van der Waals surface area contributed by atoms with Gasteiger partial charge in [0, 0.05) is 18.2 Å². The molecule has 74 valence electrons. The van der Waals surface area contributed by atoms with E-state index >= 15 is 0 Å². The molecule has 0 aliphatic heterocycles. The van der Waals surface area contributed by atoms with Crippen LogP contribution in [-0.2, 0) is 6.42 Å². The van der Waals surface area contributed by atoms with Gasteiger partial charge in [-0.2, -0.15) is 0 Å². The van der Waals surface area contributed by atoms with Crippen molar-refractivity contribution in [3.05, 3.63) is 47.0 Å². The van der Waals surface area contributed by atoms with Crippen LogP contribution >= 0.6 is 0 Å². The maximum Gasteiger partial charge on any atom is 0.115 e. The summed E-state index contributed by atoms with van der Waals surface area (Å²) in [4.78, 5) is 8.43. The fraction of sp³-hybridized carbons (Fsp3) is 0.231. The molecule has 0 radical (unpaired) electrons. The molecule has 15 heavy (non-hydrogen) atoms. The van der Waals surface area contributed by atoms with Crippen molar-refractivity contribution < 1.29 is 0 Å². The standard InChI is InChI=1S/C13H12N2/c1-8-3-4-10-11(9(8)2)5-13-12(10)6-14-7-15-13/h3-4,6-7H,5H2,1-2H3. The highest BCUT2D eigenvalue weighted by Crippen LogP contribution is 2.37. The minimum Gasteiger partial charge on any atom is -0.244 e. The monoisotopic (exact) mass is 196 g/mol. The first-order valence-corrected chi connectivity index (χ1v) is 5.15. The maximum absolute atomic E-state index is 4.33. The highest BCUT2D eigenvalue weighted by molar-refractivity contribution is 5.76. The van der Waals surface area contributed by atoms with Gasteiger partial charge in [-0.3, -0.25) is 0 Å². The number of rotatable bonds is 0. The third-order valence-corrected chi connectivity index (χ3v) is 3.30. The van der Waals surface area contributed by atoms with Gasteiger partial charge in [-0.1, -0.05) is 12.1 Å². The predicted octanol–water partition coefficient (Wildman–Crippen LogP) is 2.66. The molecule has 0 amide bonds. The first-order valence-electron chi connectivity index (χ1n) is 5.15. The van der Waals surface area contributed by atoms with Gasteiger partial charge in [0.1, 0.15) is 6.33 Å². The van der Waals surface area contributed by atoms with Crippen LogP contribution in [-0.4, -0.2) is 9.97 Å². The zero-order valence-electron chi connectivity index (χ0n) is 8.91. The molecule has 0 saturated carbocycles. The van der Waals surface area contributed by atoms with Gasteiger partial charge in [0.25, 0.3) is 0 Å². The van der Waals surface area contributed by atoms with E-state index in [1.54, 1.807) is 6.33 Å². The Morgan fingerprint density at radius 2 is 2.00 bits per heavy atom. The predicted molar refractivity (Wildman–Crippen MR) is 59.7 cm³/mol. The molecule has 0 unspecified atom stereocenters. The fourth-order valence-corrected chi connectivity index (χ4v) is 2.24. The van der Waals surface area contributed by atoms with Gasteiger partial charge >= 0.3 is 0 Å². The van der Waals surface area contributed by atoms with Crippen molar-refractivity contribution in [3.8, 4) is 11.1 Å². The normalized spacial score (nSPS) is 12.4. The van der Waals surface area contributed by atoms with Gasteiger partial charge in [0.15, 0.2) is 0 Å². The van der Waals surface area contributed by atoms with Crippen molar-refractivity contribution in [1.29, 1.82) is 0 Å². The molecule has 0 saturated heterocycles. The molecular weight excluding hydrogens is 184 g/mol. The third-order valence-electron chi connectivity index (χ3n) is 3.30. The lowest BCUT2D eigenvalue weighted by atomic mass is 9.98. The summed E-state index contributed by atoms with van der Waals surface area (Å²) >= 11 is 0. The van der Waals surface area contributed by atoms with Crippen LogP contribution in [0.2, 0.25) is 0 Å². The van der Waals surface area contributed by atoms with E-state index in [0.29, 0.717) is 0 Å². The lowest BCUT2D eigenvalue weighted by Gasteiger charge is -2.06. The van der Waals surface area contributed by atoms with Crippen LogP contribution < -0.4 is 0 Å². The van der Waals surface area contributed by atoms with Crippen LogP contribution in [0.15, 0.2) is 24.7 Å². The lowest BCUT2D eigenvalue weighted by molar-refractivity contribution is 1.06. The van der Waals surface area contributed by atoms with Crippen molar-refractivity contribution >= 4 is 0 Å². The first kappa shape index (κ1) is 8.60. The molecule has 0 spiro atoms. The van der Waals surface area contributed by atoms with E-state index in [2.05, 4.69) is 35.9 Å². The number of benzene rings is 1. The Labute approximate surface area is 89.0 Å². The minimum absolute atomic E-state index is 0.959. The topological polar surface area (TPSA) is 25.8 Å². The second kappa shape index (κ2) is 2.89. The minimum atomic E-state index is 0.959. The largest absolute Gasteiger partial charge is 0.244 e. The van der Waals surface area contributed by atoms with Crippen molar-refractivity contribution in [1.82, 2.24) is 9.97 Å². The second-order valence-electron chi connectivity index (χ2n) is 4.09. The summed E-state index contributed by atoms with van der Waals surface area (Å²) in [7, 11) is 0. The van der Waals surface area contributed by atoms with Crippen LogP contribution in [0.25, 0.3) is 11.1 Å². The van der Waals surface area contributed by atoms with Crippen molar-refractivity contribution in [2.45, 2.75) is 20.3 Å². The van der Waals surface area contributed by atoms with E-state index in [4.69, 9.17) is 0 Å². The van der Waals surface area contributed by atoms with E-state index in [0.717, 1.165) is 12.1 Å². The number of aryl methyl sites for hydroxylation is 1. The SMILES string of the molecule is Cc1ccc2c(c1C)Cc1ncncc1-2. The van der Waals surface area contributed by atoms with E-state index in [1.165, 1.54) is 27.8 Å². The Bertz CT molecular complexity index is 544. The molecule has 2 heteroatoms. The Hall–Kier alpha value is -1.70. The molecule has 2 aromatic rings. The van der Waals surface area contributed by atoms with E-state index in [1.807, 2.05) is 6.20 Å². The molecule has 0 N–H and O–H groups in total. The van der Waals surface area contributed by atoms with Crippen molar-refractivity contribution in [3.63, 3.8) is 0 Å². The number of aromatic nitrogens is 2. The number of hydrogen-bond donors (Lipinski definition) is 0. The van der Waals surface area contributed by atoms with Crippen LogP contribution in [0.4, 0.5) is 0 Å². The summed E-state index contributed by atoms with van der Waals surface area (Å²) in [5.74, 6) is 0. The zero-order valence-corrected chi connectivity index (χ0v) is 8.91. The molecule has 1 aliphatic carbocycles. The molecule has 1 heterocycles. The quantitative estimate of drug-likeness (QED) is 0.552.